The van der Waals surface area contributed by atoms with E-state index in [1.165, 1.54) is 10.9 Å². The predicted molar refractivity (Wildman–Crippen MR) is 65.0 cm³/mol. The fraction of sp³-hybridized carbons (Fsp3) is 0.182. The molecule has 0 aliphatic heterocycles. The van der Waals surface area contributed by atoms with E-state index in [0.717, 1.165) is 4.47 Å². The van der Waals surface area contributed by atoms with Gasteiger partial charge >= 0.3 is 5.97 Å². The monoisotopic (exact) mass is 295 g/mol. The Morgan fingerprint density at radius 1 is 1.47 bits per heavy atom. The van der Waals surface area contributed by atoms with Gasteiger partial charge in [-0.3, -0.25) is 0 Å². The minimum atomic E-state index is -0.379. The smallest absolute Gasteiger partial charge is 0.341 e. The summed E-state index contributed by atoms with van der Waals surface area (Å²) in [4.78, 5) is 15.6. The number of hydrogen-bond donors (Lipinski definition) is 0. The number of nitrogens with zero attached hydrogens (tertiary/aromatic N) is 3. The molecule has 5 nitrogen and oxygen atoms in total. The van der Waals surface area contributed by atoms with Gasteiger partial charge in [-0.1, -0.05) is 0 Å². The first-order valence-corrected chi connectivity index (χ1v) is 5.83. The second kappa shape index (κ2) is 5.09. The third kappa shape index (κ3) is 2.71. The van der Waals surface area contributed by atoms with Crippen LogP contribution in [0.3, 0.4) is 0 Å². The zero-order valence-electron chi connectivity index (χ0n) is 9.13. The van der Waals surface area contributed by atoms with Crippen molar-refractivity contribution < 1.29 is 9.53 Å². The highest BCUT2D eigenvalue weighted by atomic mass is 79.9. The topological polar surface area (TPSA) is 57.0 Å². The minimum absolute atomic E-state index is 0.348. The SMILES string of the molecule is CCOC(=O)c1cnn(-c2ccc(Br)cn2)c1. The van der Waals surface area contributed by atoms with Gasteiger partial charge in [0.2, 0.25) is 0 Å². The summed E-state index contributed by atoms with van der Waals surface area (Å²) >= 11 is 3.30. The van der Waals surface area contributed by atoms with Crippen LogP contribution in [0.15, 0.2) is 35.2 Å². The lowest BCUT2D eigenvalue weighted by atomic mass is 10.4. The minimum Gasteiger partial charge on any atom is -0.462 e. The number of hydrogen-bond acceptors (Lipinski definition) is 4. The van der Waals surface area contributed by atoms with E-state index in [-0.39, 0.29) is 5.97 Å². The molecular formula is C11H10BrN3O2. The first-order chi connectivity index (χ1) is 8.20. The zero-order chi connectivity index (χ0) is 12.3. The van der Waals surface area contributed by atoms with Gasteiger partial charge in [0.1, 0.15) is 0 Å². The van der Waals surface area contributed by atoms with Crippen molar-refractivity contribution in [2.75, 3.05) is 6.61 Å². The molecular weight excluding hydrogens is 286 g/mol. The molecule has 0 fully saturated rings. The molecule has 0 atom stereocenters. The molecule has 0 N–H and O–H groups in total. The Morgan fingerprint density at radius 2 is 2.29 bits per heavy atom. The van der Waals surface area contributed by atoms with Gasteiger partial charge in [-0.05, 0) is 35.0 Å². The van der Waals surface area contributed by atoms with Crippen molar-refractivity contribution in [3.8, 4) is 5.82 Å². The molecule has 2 rings (SSSR count). The first-order valence-electron chi connectivity index (χ1n) is 5.04. The Kier molecular flexibility index (Phi) is 3.53. The second-order valence-corrected chi connectivity index (χ2v) is 4.14. The summed E-state index contributed by atoms with van der Waals surface area (Å²) in [6, 6.07) is 3.65. The standard InChI is InChI=1S/C11H10BrN3O2/c1-2-17-11(16)8-5-14-15(7-8)10-4-3-9(12)6-13-10/h3-7H,2H2,1H3. The van der Waals surface area contributed by atoms with E-state index in [1.807, 2.05) is 6.07 Å². The van der Waals surface area contributed by atoms with Crippen LogP contribution in [0, 0.1) is 0 Å². The molecule has 0 radical (unpaired) electrons. The highest BCUT2D eigenvalue weighted by molar-refractivity contribution is 9.10. The van der Waals surface area contributed by atoms with E-state index in [0.29, 0.717) is 18.0 Å². The van der Waals surface area contributed by atoms with Crippen molar-refractivity contribution in [1.29, 1.82) is 0 Å². The number of halogens is 1. The van der Waals surface area contributed by atoms with Crippen LogP contribution in [-0.4, -0.2) is 27.3 Å². The number of rotatable bonds is 3. The third-order valence-electron chi connectivity index (χ3n) is 2.04. The molecule has 6 heteroatoms. The number of pyridine rings is 1. The second-order valence-electron chi connectivity index (χ2n) is 3.23. The molecule has 2 aromatic heterocycles. The summed E-state index contributed by atoms with van der Waals surface area (Å²) in [5.41, 5.74) is 0.413. The van der Waals surface area contributed by atoms with Crippen molar-refractivity contribution in [2.24, 2.45) is 0 Å². The van der Waals surface area contributed by atoms with Crippen LogP contribution in [0.1, 0.15) is 17.3 Å². The van der Waals surface area contributed by atoms with Gasteiger partial charge in [0.25, 0.3) is 0 Å². The van der Waals surface area contributed by atoms with Crippen LogP contribution >= 0.6 is 15.9 Å². The Balaban J connectivity index is 2.23. The molecule has 2 heterocycles. The summed E-state index contributed by atoms with van der Waals surface area (Å²) in [6.07, 6.45) is 4.72. The van der Waals surface area contributed by atoms with Gasteiger partial charge < -0.3 is 4.74 Å². The lowest BCUT2D eigenvalue weighted by Crippen LogP contribution is -2.03. The molecule has 0 amide bonds. The number of esters is 1. The largest absolute Gasteiger partial charge is 0.462 e. The molecule has 0 aromatic carbocycles. The predicted octanol–water partition coefficient (Wildman–Crippen LogP) is 2.21. The maximum Gasteiger partial charge on any atom is 0.341 e. The summed E-state index contributed by atoms with van der Waals surface area (Å²) < 4.78 is 7.29. The van der Waals surface area contributed by atoms with Gasteiger partial charge in [-0.25, -0.2) is 14.5 Å². The van der Waals surface area contributed by atoms with Gasteiger partial charge in [0, 0.05) is 16.9 Å². The van der Waals surface area contributed by atoms with Gasteiger partial charge in [-0.15, -0.1) is 0 Å². The maximum absolute atomic E-state index is 11.4. The van der Waals surface area contributed by atoms with Crippen molar-refractivity contribution in [3.63, 3.8) is 0 Å². The van der Waals surface area contributed by atoms with Gasteiger partial charge in [-0.2, -0.15) is 5.10 Å². The third-order valence-corrected chi connectivity index (χ3v) is 2.51. The van der Waals surface area contributed by atoms with E-state index in [9.17, 15) is 4.79 Å². The Morgan fingerprint density at radius 3 is 2.94 bits per heavy atom. The number of ether oxygens (including phenoxy) is 1. The van der Waals surface area contributed by atoms with Crippen LogP contribution in [0.25, 0.3) is 5.82 Å². The number of aromatic nitrogens is 3. The summed E-state index contributed by atoms with van der Waals surface area (Å²) in [5, 5.41) is 4.06. The molecule has 0 aliphatic rings. The average Bonchev–Trinajstić information content (AvgIpc) is 2.80. The van der Waals surface area contributed by atoms with Crippen molar-refractivity contribution in [1.82, 2.24) is 14.8 Å². The fourth-order valence-corrected chi connectivity index (χ4v) is 1.51. The normalized spacial score (nSPS) is 10.2. The summed E-state index contributed by atoms with van der Waals surface area (Å²) in [6.45, 7) is 2.11. The molecule has 2 aromatic rings. The average molecular weight is 296 g/mol. The lowest BCUT2D eigenvalue weighted by Gasteiger charge is -1.99. The van der Waals surface area contributed by atoms with Crippen LogP contribution in [-0.2, 0) is 4.74 Å². The maximum atomic E-state index is 11.4. The van der Waals surface area contributed by atoms with Gasteiger partial charge in [0.15, 0.2) is 5.82 Å². The van der Waals surface area contributed by atoms with E-state index >= 15 is 0 Å². The quantitative estimate of drug-likeness (QED) is 0.815. The first kappa shape index (κ1) is 11.8. The molecule has 0 unspecified atom stereocenters. The van der Waals surface area contributed by atoms with Crippen molar-refractivity contribution in [2.45, 2.75) is 6.92 Å². The molecule has 0 bridgehead atoms. The van der Waals surface area contributed by atoms with E-state index in [1.54, 1.807) is 25.4 Å². The number of carbonyl (C=O) groups is 1. The zero-order valence-corrected chi connectivity index (χ0v) is 10.7. The van der Waals surface area contributed by atoms with Gasteiger partial charge in [0.05, 0.1) is 18.4 Å². The Labute approximate surface area is 107 Å². The molecule has 0 saturated carbocycles. The molecule has 0 spiro atoms. The molecule has 0 aliphatic carbocycles. The number of carbonyl (C=O) groups excluding carboxylic acids is 1. The van der Waals surface area contributed by atoms with E-state index in [4.69, 9.17) is 4.74 Å². The van der Waals surface area contributed by atoms with Crippen LogP contribution in [0.2, 0.25) is 0 Å². The fourth-order valence-electron chi connectivity index (χ4n) is 1.27. The van der Waals surface area contributed by atoms with E-state index < -0.39 is 0 Å². The Bertz CT molecular complexity index is 522. The Hall–Kier alpha value is -1.69. The molecule has 88 valence electrons. The van der Waals surface area contributed by atoms with Crippen LogP contribution < -0.4 is 0 Å². The van der Waals surface area contributed by atoms with Crippen molar-refractivity contribution in [3.05, 3.63) is 40.8 Å². The highest BCUT2D eigenvalue weighted by Crippen LogP contribution is 2.11. The van der Waals surface area contributed by atoms with Crippen molar-refractivity contribution >= 4 is 21.9 Å². The summed E-state index contributed by atoms with van der Waals surface area (Å²) in [5.74, 6) is 0.264. The molecule has 17 heavy (non-hydrogen) atoms. The summed E-state index contributed by atoms with van der Waals surface area (Å²) in [7, 11) is 0. The van der Waals surface area contributed by atoms with Crippen LogP contribution in [0.5, 0.6) is 0 Å². The lowest BCUT2D eigenvalue weighted by molar-refractivity contribution is 0.0526. The highest BCUT2D eigenvalue weighted by Gasteiger charge is 2.10. The van der Waals surface area contributed by atoms with E-state index in [2.05, 4.69) is 26.0 Å². The molecule has 0 saturated heterocycles. The van der Waals surface area contributed by atoms with Crippen LogP contribution in [0.4, 0.5) is 0 Å².